The van der Waals surface area contributed by atoms with Crippen molar-refractivity contribution in [1.82, 2.24) is 5.43 Å². The van der Waals surface area contributed by atoms with Gasteiger partial charge in [-0.3, -0.25) is 14.9 Å². The fourth-order valence-corrected chi connectivity index (χ4v) is 1.68. The molecule has 0 aliphatic heterocycles. The maximum atomic E-state index is 12.7. The van der Waals surface area contributed by atoms with Gasteiger partial charge < -0.3 is 5.32 Å². The fourth-order valence-electron chi connectivity index (χ4n) is 1.68. The van der Waals surface area contributed by atoms with Crippen molar-refractivity contribution in [2.24, 2.45) is 5.10 Å². The van der Waals surface area contributed by atoms with Crippen LogP contribution in [-0.2, 0) is 4.79 Å². The molecule has 118 valence electrons. The molecule has 7 nitrogen and oxygen atoms in total. The Morgan fingerprint density at radius 1 is 1.26 bits per heavy atom. The lowest BCUT2D eigenvalue weighted by molar-refractivity contribution is -0.384. The van der Waals surface area contributed by atoms with E-state index in [1.54, 1.807) is 6.07 Å². The van der Waals surface area contributed by atoms with Gasteiger partial charge in [0.15, 0.2) is 0 Å². The number of anilines is 1. The molecule has 0 atom stereocenters. The van der Waals surface area contributed by atoms with Crippen molar-refractivity contribution in [1.29, 1.82) is 0 Å². The number of non-ortho nitro benzene ring substituents is 1. The zero-order valence-electron chi connectivity index (χ0n) is 11.9. The summed E-state index contributed by atoms with van der Waals surface area (Å²) in [6.07, 6.45) is 1.38. The minimum atomic E-state index is -0.516. The van der Waals surface area contributed by atoms with Crippen LogP contribution in [0.1, 0.15) is 5.56 Å². The lowest BCUT2D eigenvalue weighted by atomic mass is 10.2. The molecule has 0 aromatic heterocycles. The Kier molecular flexibility index (Phi) is 5.35. The van der Waals surface area contributed by atoms with Crippen LogP contribution in [0.3, 0.4) is 0 Å². The van der Waals surface area contributed by atoms with E-state index in [1.807, 2.05) is 0 Å². The highest BCUT2D eigenvalue weighted by Crippen LogP contribution is 2.16. The van der Waals surface area contributed by atoms with Crippen molar-refractivity contribution in [2.75, 3.05) is 11.9 Å². The summed E-state index contributed by atoms with van der Waals surface area (Å²) in [6, 6.07) is 11.4. The first-order valence-electron chi connectivity index (χ1n) is 6.60. The highest BCUT2D eigenvalue weighted by Gasteiger charge is 2.06. The molecule has 1 amide bonds. The van der Waals surface area contributed by atoms with Gasteiger partial charge in [-0.1, -0.05) is 18.2 Å². The summed E-state index contributed by atoms with van der Waals surface area (Å²) >= 11 is 0. The number of hydrogen-bond donors (Lipinski definition) is 2. The topological polar surface area (TPSA) is 96.6 Å². The molecule has 8 heteroatoms. The Balaban J connectivity index is 1.82. The van der Waals surface area contributed by atoms with E-state index in [4.69, 9.17) is 0 Å². The van der Waals surface area contributed by atoms with E-state index < -0.39 is 10.8 Å². The molecule has 0 radical (unpaired) electrons. The maximum absolute atomic E-state index is 12.7. The SMILES string of the molecule is O=C(CNc1cccc([N+](=O)[O-])c1)NN=Cc1ccc(F)cc1. The molecule has 0 aliphatic rings. The quantitative estimate of drug-likeness (QED) is 0.485. The van der Waals surface area contributed by atoms with E-state index in [2.05, 4.69) is 15.8 Å². The van der Waals surface area contributed by atoms with Gasteiger partial charge in [0.05, 0.1) is 17.7 Å². The van der Waals surface area contributed by atoms with Gasteiger partial charge >= 0.3 is 0 Å². The Hall–Kier alpha value is -3.29. The average Bonchev–Trinajstić information content (AvgIpc) is 2.55. The average molecular weight is 316 g/mol. The minimum absolute atomic E-state index is 0.0651. The molecule has 2 rings (SSSR count). The number of nitro groups is 1. The van der Waals surface area contributed by atoms with Gasteiger partial charge in [0, 0.05) is 17.8 Å². The predicted molar refractivity (Wildman–Crippen MR) is 83.7 cm³/mol. The van der Waals surface area contributed by atoms with Crippen LogP contribution >= 0.6 is 0 Å². The van der Waals surface area contributed by atoms with Crippen molar-refractivity contribution in [3.8, 4) is 0 Å². The van der Waals surface area contributed by atoms with Crippen LogP contribution in [-0.4, -0.2) is 23.6 Å². The van der Waals surface area contributed by atoms with Crippen molar-refractivity contribution >= 4 is 23.5 Å². The number of hydrazone groups is 1. The molecule has 0 saturated carbocycles. The number of hydrogen-bond acceptors (Lipinski definition) is 5. The van der Waals surface area contributed by atoms with E-state index in [-0.39, 0.29) is 18.0 Å². The number of carbonyl (C=O) groups excluding carboxylic acids is 1. The number of benzene rings is 2. The monoisotopic (exact) mass is 316 g/mol. The van der Waals surface area contributed by atoms with Gasteiger partial charge in [-0.25, -0.2) is 9.82 Å². The molecular formula is C15H13FN4O3. The summed E-state index contributed by atoms with van der Waals surface area (Å²) in [5.74, 6) is -0.776. The Morgan fingerprint density at radius 3 is 2.70 bits per heavy atom. The van der Waals surface area contributed by atoms with Gasteiger partial charge in [0.2, 0.25) is 0 Å². The molecule has 2 N–H and O–H groups in total. The largest absolute Gasteiger partial charge is 0.376 e. The van der Waals surface area contributed by atoms with Crippen LogP contribution in [0.25, 0.3) is 0 Å². The van der Waals surface area contributed by atoms with Gasteiger partial charge in [-0.15, -0.1) is 0 Å². The van der Waals surface area contributed by atoms with E-state index in [1.165, 1.54) is 48.7 Å². The lowest BCUT2D eigenvalue weighted by Gasteiger charge is -2.04. The van der Waals surface area contributed by atoms with Crippen molar-refractivity contribution < 1.29 is 14.1 Å². The number of nitrogens with zero attached hydrogens (tertiary/aromatic N) is 2. The number of rotatable bonds is 6. The predicted octanol–water partition coefficient (Wildman–Crippen LogP) is 2.30. The second-order valence-corrected chi connectivity index (χ2v) is 4.51. The molecule has 0 bridgehead atoms. The molecule has 0 heterocycles. The summed E-state index contributed by atoms with van der Waals surface area (Å²) in [5.41, 5.74) is 3.32. The Morgan fingerprint density at radius 2 is 2.00 bits per heavy atom. The second kappa shape index (κ2) is 7.64. The molecule has 0 spiro atoms. The summed E-state index contributed by atoms with van der Waals surface area (Å²) < 4.78 is 12.7. The standard InChI is InChI=1S/C15H13FN4O3/c16-12-6-4-11(5-7-12)9-18-19-15(21)10-17-13-2-1-3-14(8-13)20(22)23/h1-9,17H,10H2,(H,19,21). The normalized spacial score (nSPS) is 10.5. The maximum Gasteiger partial charge on any atom is 0.271 e. The van der Waals surface area contributed by atoms with Crippen molar-refractivity contribution in [2.45, 2.75) is 0 Å². The molecule has 0 aliphatic carbocycles. The van der Waals surface area contributed by atoms with Crippen molar-refractivity contribution in [3.63, 3.8) is 0 Å². The van der Waals surface area contributed by atoms with E-state index >= 15 is 0 Å². The Bertz CT molecular complexity index is 732. The zero-order valence-corrected chi connectivity index (χ0v) is 11.9. The highest BCUT2D eigenvalue weighted by molar-refractivity contribution is 5.84. The second-order valence-electron chi connectivity index (χ2n) is 4.51. The number of halogens is 1. The third kappa shape index (κ3) is 5.20. The van der Waals surface area contributed by atoms with Gasteiger partial charge in [-0.05, 0) is 23.8 Å². The lowest BCUT2D eigenvalue weighted by Crippen LogP contribution is -2.25. The summed E-state index contributed by atoms with van der Waals surface area (Å²) in [5, 5.41) is 17.1. The first kappa shape index (κ1) is 16.1. The number of carbonyl (C=O) groups is 1. The third-order valence-electron chi connectivity index (χ3n) is 2.78. The van der Waals surface area contributed by atoms with Crippen LogP contribution in [0, 0.1) is 15.9 Å². The van der Waals surface area contributed by atoms with Crippen LogP contribution < -0.4 is 10.7 Å². The van der Waals surface area contributed by atoms with Gasteiger partial charge in [0.1, 0.15) is 5.82 Å². The number of amides is 1. The van der Waals surface area contributed by atoms with Crippen LogP contribution in [0.4, 0.5) is 15.8 Å². The Labute approximate surface area is 131 Å². The summed E-state index contributed by atoms with van der Waals surface area (Å²) in [6.45, 7) is -0.0953. The number of nitrogens with one attached hydrogen (secondary N) is 2. The van der Waals surface area contributed by atoms with Crippen molar-refractivity contribution in [3.05, 3.63) is 70.0 Å². The molecule has 0 saturated heterocycles. The van der Waals surface area contributed by atoms with Crippen LogP contribution in [0.5, 0.6) is 0 Å². The minimum Gasteiger partial charge on any atom is -0.376 e. The molecule has 23 heavy (non-hydrogen) atoms. The van der Waals surface area contributed by atoms with Gasteiger partial charge in [0.25, 0.3) is 11.6 Å². The molecular weight excluding hydrogens is 303 g/mol. The van der Waals surface area contributed by atoms with Gasteiger partial charge in [-0.2, -0.15) is 5.10 Å². The summed E-state index contributed by atoms with van der Waals surface area (Å²) in [4.78, 5) is 21.7. The van der Waals surface area contributed by atoms with E-state index in [9.17, 15) is 19.3 Å². The van der Waals surface area contributed by atoms with E-state index in [0.717, 1.165) is 0 Å². The third-order valence-corrected chi connectivity index (χ3v) is 2.78. The smallest absolute Gasteiger partial charge is 0.271 e. The molecule has 0 unspecified atom stereocenters. The number of nitro benzene ring substituents is 1. The van der Waals surface area contributed by atoms with Crippen LogP contribution in [0.2, 0.25) is 0 Å². The highest BCUT2D eigenvalue weighted by atomic mass is 19.1. The summed E-state index contributed by atoms with van der Waals surface area (Å²) in [7, 11) is 0. The zero-order chi connectivity index (χ0) is 16.7. The molecule has 2 aromatic rings. The first-order chi connectivity index (χ1) is 11.0. The fraction of sp³-hybridized carbons (Fsp3) is 0.0667. The van der Waals surface area contributed by atoms with Crippen LogP contribution in [0.15, 0.2) is 53.6 Å². The molecule has 2 aromatic carbocycles. The first-order valence-corrected chi connectivity index (χ1v) is 6.60. The molecule has 0 fully saturated rings. The van der Waals surface area contributed by atoms with E-state index in [0.29, 0.717) is 11.3 Å².